The minimum Gasteiger partial charge on any atom is -0.339 e. The van der Waals surface area contributed by atoms with Crippen LogP contribution in [0.25, 0.3) is 0 Å². The molecule has 3 fully saturated rings. The first-order chi connectivity index (χ1) is 16.1. The van der Waals surface area contributed by atoms with E-state index in [1.807, 2.05) is 40.1 Å². The summed E-state index contributed by atoms with van der Waals surface area (Å²) in [6.45, 7) is 1.62. The zero-order valence-electron chi connectivity index (χ0n) is 18.9. The number of rotatable bonds is 4. The van der Waals surface area contributed by atoms with Crippen molar-refractivity contribution >= 4 is 23.4 Å². The summed E-state index contributed by atoms with van der Waals surface area (Å²) in [5.41, 5.74) is 1.92. The lowest BCUT2D eigenvalue weighted by Crippen LogP contribution is -2.47. The quantitative estimate of drug-likeness (QED) is 0.761. The van der Waals surface area contributed by atoms with Crippen LogP contribution in [-0.4, -0.2) is 52.7 Å². The van der Waals surface area contributed by atoms with E-state index in [-0.39, 0.29) is 23.8 Å². The van der Waals surface area contributed by atoms with Gasteiger partial charge in [0.05, 0.1) is 0 Å². The Balaban J connectivity index is 1.32. The highest BCUT2D eigenvalue weighted by molar-refractivity contribution is 6.02. The van der Waals surface area contributed by atoms with E-state index >= 15 is 0 Å². The van der Waals surface area contributed by atoms with Crippen molar-refractivity contribution in [2.24, 2.45) is 5.92 Å². The molecule has 1 N–H and O–H groups in total. The van der Waals surface area contributed by atoms with Crippen molar-refractivity contribution in [1.29, 1.82) is 0 Å². The third kappa shape index (κ3) is 4.39. The first-order valence-corrected chi connectivity index (χ1v) is 12.2. The van der Waals surface area contributed by atoms with Crippen molar-refractivity contribution in [3.8, 4) is 0 Å². The van der Waals surface area contributed by atoms with Crippen molar-refractivity contribution in [2.75, 3.05) is 18.4 Å². The third-order valence-electron chi connectivity index (χ3n) is 7.44. The Labute approximate surface area is 194 Å². The summed E-state index contributed by atoms with van der Waals surface area (Å²) in [5, 5.41) is 3.01. The maximum atomic E-state index is 13.4. The maximum absolute atomic E-state index is 13.4. The number of hydrogen-bond donors (Lipinski definition) is 1. The van der Waals surface area contributed by atoms with Crippen LogP contribution >= 0.6 is 0 Å². The van der Waals surface area contributed by atoms with Crippen LogP contribution in [0.1, 0.15) is 65.7 Å². The summed E-state index contributed by atoms with van der Waals surface area (Å²) < 4.78 is 0. The Morgan fingerprint density at radius 1 is 0.758 bits per heavy atom. The van der Waals surface area contributed by atoms with Gasteiger partial charge in [-0.2, -0.15) is 0 Å². The SMILES string of the molecule is O=C(Nc1ccc(C(=O)N2CCCC2)cc1)C1CC2CCCCC2N1C(=O)c1ccccc1. The van der Waals surface area contributed by atoms with Gasteiger partial charge in [0.25, 0.3) is 11.8 Å². The Morgan fingerprint density at radius 2 is 1.42 bits per heavy atom. The maximum Gasteiger partial charge on any atom is 0.254 e. The van der Waals surface area contributed by atoms with Gasteiger partial charge in [-0.05, 0) is 74.4 Å². The monoisotopic (exact) mass is 445 g/mol. The minimum absolute atomic E-state index is 0.0462. The van der Waals surface area contributed by atoms with Gasteiger partial charge >= 0.3 is 0 Å². The van der Waals surface area contributed by atoms with E-state index < -0.39 is 6.04 Å². The van der Waals surface area contributed by atoms with Crippen molar-refractivity contribution in [2.45, 2.75) is 57.0 Å². The number of amides is 3. The van der Waals surface area contributed by atoms with E-state index in [0.717, 1.165) is 51.6 Å². The number of nitrogens with one attached hydrogen (secondary N) is 1. The summed E-state index contributed by atoms with van der Waals surface area (Å²) in [6.07, 6.45) is 7.11. The number of hydrogen-bond acceptors (Lipinski definition) is 3. The van der Waals surface area contributed by atoms with Crippen molar-refractivity contribution in [1.82, 2.24) is 9.80 Å². The number of carbonyl (C=O) groups excluding carboxylic acids is 3. The van der Waals surface area contributed by atoms with Gasteiger partial charge in [0, 0.05) is 35.9 Å². The molecule has 0 radical (unpaired) electrons. The molecule has 2 aromatic carbocycles. The molecule has 2 heterocycles. The molecule has 2 aromatic rings. The molecule has 2 saturated heterocycles. The summed E-state index contributed by atoms with van der Waals surface area (Å²) in [5.74, 6) is 0.219. The Kier molecular flexibility index (Phi) is 6.16. The molecular formula is C27H31N3O3. The van der Waals surface area contributed by atoms with Crippen LogP contribution in [0.15, 0.2) is 54.6 Å². The molecule has 33 heavy (non-hydrogen) atoms. The van der Waals surface area contributed by atoms with E-state index in [9.17, 15) is 14.4 Å². The molecule has 6 heteroatoms. The fraction of sp³-hybridized carbons (Fsp3) is 0.444. The van der Waals surface area contributed by atoms with E-state index in [2.05, 4.69) is 5.32 Å². The number of carbonyl (C=O) groups is 3. The number of fused-ring (bicyclic) bond motifs is 1. The average Bonchev–Trinajstić information content (AvgIpc) is 3.53. The normalized spacial score (nSPS) is 24.4. The number of benzene rings is 2. The lowest BCUT2D eigenvalue weighted by atomic mass is 9.84. The predicted octanol–water partition coefficient (Wildman–Crippen LogP) is 4.33. The largest absolute Gasteiger partial charge is 0.339 e. The lowest BCUT2D eigenvalue weighted by Gasteiger charge is -2.33. The van der Waals surface area contributed by atoms with Gasteiger partial charge in [0.1, 0.15) is 6.04 Å². The van der Waals surface area contributed by atoms with E-state index in [4.69, 9.17) is 0 Å². The van der Waals surface area contributed by atoms with Crippen LogP contribution in [0.5, 0.6) is 0 Å². The molecule has 0 bridgehead atoms. The van der Waals surface area contributed by atoms with Gasteiger partial charge in [-0.15, -0.1) is 0 Å². The fourth-order valence-electron chi connectivity index (χ4n) is 5.74. The molecule has 5 rings (SSSR count). The van der Waals surface area contributed by atoms with Crippen LogP contribution in [0, 0.1) is 5.92 Å². The topological polar surface area (TPSA) is 69.7 Å². The lowest BCUT2D eigenvalue weighted by molar-refractivity contribution is -0.120. The molecule has 2 aliphatic heterocycles. The van der Waals surface area contributed by atoms with E-state index in [1.54, 1.807) is 24.3 Å². The zero-order valence-corrected chi connectivity index (χ0v) is 18.9. The molecule has 0 aromatic heterocycles. The summed E-state index contributed by atoms with van der Waals surface area (Å²) in [4.78, 5) is 43.1. The molecule has 3 unspecified atom stereocenters. The second kappa shape index (κ2) is 9.38. The summed E-state index contributed by atoms with van der Waals surface area (Å²) in [7, 11) is 0. The van der Waals surface area contributed by atoms with Crippen molar-refractivity contribution in [3.05, 3.63) is 65.7 Å². The van der Waals surface area contributed by atoms with Gasteiger partial charge in [-0.3, -0.25) is 14.4 Å². The van der Waals surface area contributed by atoms with Gasteiger partial charge in [0.15, 0.2) is 0 Å². The highest BCUT2D eigenvalue weighted by Crippen LogP contribution is 2.40. The second-order valence-corrected chi connectivity index (χ2v) is 9.51. The van der Waals surface area contributed by atoms with Gasteiger partial charge in [-0.1, -0.05) is 31.0 Å². The fourth-order valence-corrected chi connectivity index (χ4v) is 5.74. The molecule has 3 aliphatic rings. The van der Waals surface area contributed by atoms with Crippen LogP contribution in [-0.2, 0) is 4.79 Å². The molecule has 3 atom stereocenters. The van der Waals surface area contributed by atoms with E-state index in [1.165, 1.54) is 0 Å². The molecule has 1 saturated carbocycles. The third-order valence-corrected chi connectivity index (χ3v) is 7.44. The summed E-state index contributed by atoms with van der Waals surface area (Å²) in [6, 6.07) is 16.0. The number of anilines is 1. The highest BCUT2D eigenvalue weighted by atomic mass is 16.2. The molecule has 1 aliphatic carbocycles. The molecule has 172 valence electrons. The highest BCUT2D eigenvalue weighted by Gasteiger charge is 2.47. The number of nitrogens with zero attached hydrogens (tertiary/aromatic N) is 2. The molecule has 0 spiro atoms. The van der Waals surface area contributed by atoms with Crippen LogP contribution < -0.4 is 5.32 Å². The zero-order chi connectivity index (χ0) is 22.8. The van der Waals surface area contributed by atoms with Crippen molar-refractivity contribution in [3.63, 3.8) is 0 Å². The average molecular weight is 446 g/mol. The predicted molar refractivity (Wildman–Crippen MR) is 127 cm³/mol. The smallest absolute Gasteiger partial charge is 0.254 e. The standard InChI is InChI=1S/C27H31N3O3/c31-25(28-22-14-12-20(13-15-22)26(32)29-16-6-7-17-29)24-18-21-10-4-5-11-23(21)30(24)27(33)19-8-2-1-3-9-19/h1-3,8-9,12-15,21,23-24H,4-7,10-11,16-18H2,(H,28,31). The van der Waals surface area contributed by atoms with Crippen molar-refractivity contribution < 1.29 is 14.4 Å². The minimum atomic E-state index is -0.475. The molecule has 6 nitrogen and oxygen atoms in total. The van der Waals surface area contributed by atoms with Gasteiger partial charge in [0.2, 0.25) is 5.91 Å². The van der Waals surface area contributed by atoms with Gasteiger partial charge < -0.3 is 15.1 Å². The van der Waals surface area contributed by atoms with E-state index in [0.29, 0.717) is 29.2 Å². The second-order valence-electron chi connectivity index (χ2n) is 9.51. The first kappa shape index (κ1) is 21.7. The Hall–Kier alpha value is -3.15. The number of likely N-dealkylation sites (tertiary alicyclic amines) is 2. The Bertz CT molecular complexity index is 1010. The molecule has 3 amide bonds. The summed E-state index contributed by atoms with van der Waals surface area (Å²) >= 11 is 0. The van der Waals surface area contributed by atoms with Crippen LogP contribution in [0.4, 0.5) is 5.69 Å². The van der Waals surface area contributed by atoms with Crippen LogP contribution in [0.2, 0.25) is 0 Å². The van der Waals surface area contributed by atoms with Crippen LogP contribution in [0.3, 0.4) is 0 Å². The first-order valence-electron chi connectivity index (χ1n) is 12.2. The molecular weight excluding hydrogens is 414 g/mol. The Morgan fingerprint density at radius 3 is 2.15 bits per heavy atom. The van der Waals surface area contributed by atoms with Gasteiger partial charge in [-0.25, -0.2) is 0 Å².